The van der Waals surface area contributed by atoms with Crippen molar-refractivity contribution >= 4 is 33.3 Å². The molecule has 1 N–H and O–H groups in total. The standard InChI is InChI=1S/C21H31N5O2S/c1-3-28-21(27)18-15(2)17-19(24-26-12-8-5-9-13-26)22-16(23-20(17)29-18)14-25-10-6-4-7-11-25/h3-14H2,1-2H3,(H,22,23,24). The van der Waals surface area contributed by atoms with E-state index in [1.807, 2.05) is 13.8 Å². The van der Waals surface area contributed by atoms with Crippen LogP contribution in [0.25, 0.3) is 10.2 Å². The number of esters is 1. The van der Waals surface area contributed by atoms with Gasteiger partial charge in [-0.25, -0.2) is 19.8 Å². The molecule has 2 saturated heterocycles. The molecular formula is C21H31N5O2S. The average Bonchev–Trinajstić information content (AvgIpc) is 3.06. The highest BCUT2D eigenvalue weighted by atomic mass is 32.1. The van der Waals surface area contributed by atoms with Crippen molar-refractivity contribution in [3.05, 3.63) is 16.3 Å². The number of carbonyl (C=O) groups excluding carboxylic acids is 1. The number of anilines is 1. The van der Waals surface area contributed by atoms with Gasteiger partial charge in [0.2, 0.25) is 0 Å². The first-order chi connectivity index (χ1) is 14.2. The number of hydrogen-bond donors (Lipinski definition) is 1. The first-order valence-electron chi connectivity index (χ1n) is 10.9. The maximum Gasteiger partial charge on any atom is 0.348 e. The topological polar surface area (TPSA) is 70.6 Å². The fourth-order valence-corrected chi connectivity index (χ4v) is 5.29. The Labute approximate surface area is 176 Å². The van der Waals surface area contributed by atoms with Crippen LogP contribution in [0, 0.1) is 6.92 Å². The number of aromatic nitrogens is 2. The van der Waals surface area contributed by atoms with Crippen LogP contribution in [0.5, 0.6) is 0 Å². The van der Waals surface area contributed by atoms with Crippen LogP contribution in [0.4, 0.5) is 5.82 Å². The molecule has 2 fully saturated rings. The molecule has 0 aliphatic carbocycles. The second kappa shape index (κ2) is 9.36. The van der Waals surface area contributed by atoms with Gasteiger partial charge in [0.25, 0.3) is 0 Å². The minimum Gasteiger partial charge on any atom is -0.462 e. The van der Waals surface area contributed by atoms with Crippen molar-refractivity contribution in [2.75, 3.05) is 38.2 Å². The summed E-state index contributed by atoms with van der Waals surface area (Å²) in [7, 11) is 0. The molecule has 2 aromatic heterocycles. The number of fused-ring (bicyclic) bond motifs is 1. The predicted octanol–water partition coefficient (Wildman–Crippen LogP) is 3.98. The van der Waals surface area contributed by atoms with Gasteiger partial charge >= 0.3 is 5.97 Å². The van der Waals surface area contributed by atoms with E-state index in [4.69, 9.17) is 14.7 Å². The summed E-state index contributed by atoms with van der Waals surface area (Å²) in [6.07, 6.45) is 7.46. The van der Waals surface area contributed by atoms with Gasteiger partial charge in [0, 0.05) is 13.1 Å². The predicted molar refractivity (Wildman–Crippen MR) is 116 cm³/mol. The Bertz CT molecular complexity index is 856. The van der Waals surface area contributed by atoms with Crippen molar-refractivity contribution < 1.29 is 9.53 Å². The van der Waals surface area contributed by atoms with Crippen LogP contribution in [0.2, 0.25) is 0 Å². The van der Waals surface area contributed by atoms with Gasteiger partial charge in [-0.15, -0.1) is 11.3 Å². The minimum absolute atomic E-state index is 0.269. The van der Waals surface area contributed by atoms with E-state index in [0.29, 0.717) is 11.5 Å². The summed E-state index contributed by atoms with van der Waals surface area (Å²) in [4.78, 5) is 26.1. The number of piperidine rings is 2. The van der Waals surface area contributed by atoms with E-state index in [1.54, 1.807) is 0 Å². The number of aryl methyl sites for hydroxylation is 1. The van der Waals surface area contributed by atoms with Gasteiger partial charge in [0.1, 0.15) is 15.5 Å². The van der Waals surface area contributed by atoms with Crippen molar-refractivity contribution in [3.8, 4) is 0 Å². The molecule has 0 radical (unpaired) electrons. The molecule has 4 heterocycles. The number of ether oxygens (including phenoxy) is 1. The van der Waals surface area contributed by atoms with Crippen LogP contribution < -0.4 is 5.43 Å². The van der Waals surface area contributed by atoms with E-state index in [9.17, 15) is 4.79 Å². The molecule has 158 valence electrons. The summed E-state index contributed by atoms with van der Waals surface area (Å²) < 4.78 is 5.26. The summed E-state index contributed by atoms with van der Waals surface area (Å²) in [5.74, 6) is 1.39. The number of carbonyl (C=O) groups is 1. The number of thiophene rings is 1. The summed E-state index contributed by atoms with van der Waals surface area (Å²) in [6.45, 7) is 9.18. The molecule has 29 heavy (non-hydrogen) atoms. The van der Waals surface area contributed by atoms with Crippen molar-refractivity contribution in [1.29, 1.82) is 0 Å². The van der Waals surface area contributed by atoms with Crippen molar-refractivity contribution in [2.45, 2.75) is 58.9 Å². The highest BCUT2D eigenvalue weighted by Crippen LogP contribution is 2.35. The van der Waals surface area contributed by atoms with Gasteiger partial charge in [0.05, 0.1) is 18.5 Å². The maximum absolute atomic E-state index is 12.4. The van der Waals surface area contributed by atoms with Crippen LogP contribution in [-0.4, -0.2) is 58.6 Å². The Kier molecular flexibility index (Phi) is 6.62. The van der Waals surface area contributed by atoms with Gasteiger partial charge in [-0.2, -0.15) is 0 Å². The Morgan fingerprint density at radius 3 is 2.45 bits per heavy atom. The fraction of sp³-hybridized carbons (Fsp3) is 0.667. The van der Waals surface area contributed by atoms with Crippen LogP contribution in [-0.2, 0) is 11.3 Å². The van der Waals surface area contributed by atoms with Crippen molar-refractivity contribution in [3.63, 3.8) is 0 Å². The number of likely N-dealkylation sites (tertiary alicyclic amines) is 1. The molecule has 7 nitrogen and oxygen atoms in total. The van der Waals surface area contributed by atoms with Crippen LogP contribution in [0.1, 0.15) is 66.5 Å². The Balaban J connectivity index is 1.69. The molecule has 4 rings (SSSR count). The first kappa shape index (κ1) is 20.5. The quantitative estimate of drug-likeness (QED) is 0.713. The average molecular weight is 418 g/mol. The highest BCUT2D eigenvalue weighted by molar-refractivity contribution is 7.20. The molecule has 0 aromatic carbocycles. The second-order valence-corrected chi connectivity index (χ2v) is 8.94. The van der Waals surface area contributed by atoms with E-state index in [-0.39, 0.29) is 5.97 Å². The molecule has 2 aliphatic heterocycles. The second-order valence-electron chi connectivity index (χ2n) is 7.94. The van der Waals surface area contributed by atoms with E-state index >= 15 is 0 Å². The Hall–Kier alpha value is -1.77. The molecule has 0 spiro atoms. The lowest BCUT2D eigenvalue weighted by molar-refractivity contribution is 0.0531. The summed E-state index contributed by atoms with van der Waals surface area (Å²) >= 11 is 1.42. The molecule has 0 unspecified atom stereocenters. The third kappa shape index (κ3) is 4.70. The largest absolute Gasteiger partial charge is 0.462 e. The molecule has 2 aliphatic rings. The van der Waals surface area contributed by atoms with Crippen molar-refractivity contribution in [1.82, 2.24) is 19.9 Å². The zero-order valence-electron chi connectivity index (χ0n) is 17.5. The molecule has 2 aromatic rings. The SMILES string of the molecule is CCOC(=O)c1sc2nc(CN3CCCCC3)nc(NN3CCCCC3)c2c1C. The van der Waals surface area contributed by atoms with E-state index in [0.717, 1.165) is 60.1 Å². The summed E-state index contributed by atoms with van der Waals surface area (Å²) in [5, 5.41) is 3.20. The number of hydrogen-bond acceptors (Lipinski definition) is 8. The molecule has 0 atom stereocenters. The molecule has 0 amide bonds. The first-order valence-corrected chi connectivity index (χ1v) is 11.7. The van der Waals surface area contributed by atoms with Gasteiger partial charge in [-0.1, -0.05) is 12.8 Å². The third-order valence-corrected chi connectivity index (χ3v) is 6.90. The lowest BCUT2D eigenvalue weighted by atomic mass is 10.1. The van der Waals surface area contributed by atoms with Gasteiger partial charge in [0.15, 0.2) is 5.82 Å². The highest BCUT2D eigenvalue weighted by Gasteiger charge is 2.23. The van der Waals surface area contributed by atoms with E-state index in [1.165, 1.54) is 49.9 Å². The molecule has 8 heteroatoms. The number of nitrogens with zero attached hydrogens (tertiary/aromatic N) is 4. The monoisotopic (exact) mass is 417 g/mol. The third-order valence-electron chi connectivity index (χ3n) is 5.73. The molecule has 0 bridgehead atoms. The molecular weight excluding hydrogens is 386 g/mol. The number of hydrazine groups is 1. The van der Waals surface area contributed by atoms with Gasteiger partial charge in [-0.05, 0) is 58.2 Å². The zero-order valence-corrected chi connectivity index (χ0v) is 18.3. The van der Waals surface area contributed by atoms with Crippen molar-refractivity contribution in [2.24, 2.45) is 0 Å². The number of nitrogens with one attached hydrogen (secondary N) is 1. The zero-order chi connectivity index (χ0) is 20.2. The Morgan fingerprint density at radius 2 is 1.76 bits per heavy atom. The van der Waals surface area contributed by atoms with Gasteiger partial charge < -0.3 is 10.2 Å². The van der Waals surface area contributed by atoms with Crippen LogP contribution in [0.15, 0.2) is 0 Å². The van der Waals surface area contributed by atoms with Gasteiger partial charge in [-0.3, -0.25) is 4.90 Å². The normalized spacial score (nSPS) is 18.8. The van der Waals surface area contributed by atoms with Crippen LogP contribution >= 0.6 is 11.3 Å². The molecule has 0 saturated carbocycles. The Morgan fingerprint density at radius 1 is 1.07 bits per heavy atom. The smallest absolute Gasteiger partial charge is 0.348 e. The minimum atomic E-state index is -0.269. The number of rotatable bonds is 6. The maximum atomic E-state index is 12.4. The van der Waals surface area contributed by atoms with Crippen LogP contribution in [0.3, 0.4) is 0 Å². The lowest BCUT2D eigenvalue weighted by Gasteiger charge is -2.28. The summed E-state index contributed by atoms with van der Waals surface area (Å²) in [5.41, 5.74) is 4.45. The lowest BCUT2D eigenvalue weighted by Crippen LogP contribution is -2.35. The van der Waals surface area contributed by atoms with E-state index in [2.05, 4.69) is 15.3 Å². The van der Waals surface area contributed by atoms with E-state index < -0.39 is 0 Å². The summed E-state index contributed by atoms with van der Waals surface area (Å²) in [6, 6.07) is 0. The fourth-order valence-electron chi connectivity index (χ4n) is 4.20.